The lowest BCUT2D eigenvalue weighted by molar-refractivity contribution is 0.0964. The van der Waals surface area contributed by atoms with Gasteiger partial charge < -0.3 is 9.73 Å². The highest BCUT2D eigenvalue weighted by Gasteiger charge is 2.31. The molecule has 1 amide bonds. The summed E-state index contributed by atoms with van der Waals surface area (Å²) in [4.78, 5) is 17.3. The highest BCUT2D eigenvalue weighted by Crippen LogP contribution is 2.45. The number of sulfone groups is 1. The number of unbranched alkanes of at least 4 members (excludes halogenated alkanes) is 2. The van der Waals surface area contributed by atoms with E-state index in [-0.39, 0.29) is 34.9 Å². The van der Waals surface area contributed by atoms with Crippen LogP contribution in [-0.2, 0) is 19.9 Å². The molecule has 1 aliphatic carbocycles. The van der Waals surface area contributed by atoms with E-state index in [0.717, 1.165) is 24.7 Å². The van der Waals surface area contributed by atoms with E-state index in [2.05, 4.69) is 15.0 Å². The molecule has 0 unspecified atom stereocenters. The SMILES string of the molecule is CNC(=O)c1c(-c2ccc(Cl)cc2)oc2nc(NS(=O)(=O)CCCCCS(C)(=O)=O)c(C3CC3)cc12. The molecule has 9 nitrogen and oxygen atoms in total. The monoisotopic (exact) mass is 553 g/mol. The summed E-state index contributed by atoms with van der Waals surface area (Å²) in [6.07, 6.45) is 4.17. The maximum absolute atomic E-state index is 12.8. The van der Waals surface area contributed by atoms with Crippen molar-refractivity contribution in [3.8, 4) is 11.3 Å². The van der Waals surface area contributed by atoms with E-state index >= 15 is 0 Å². The zero-order valence-corrected chi connectivity index (χ0v) is 22.4. The predicted molar refractivity (Wildman–Crippen MR) is 141 cm³/mol. The van der Waals surface area contributed by atoms with Gasteiger partial charge in [0, 0.05) is 29.6 Å². The quantitative estimate of drug-likeness (QED) is 0.337. The number of carbonyl (C=O) groups is 1. The number of anilines is 1. The van der Waals surface area contributed by atoms with Crippen LogP contribution in [0.1, 0.15) is 53.9 Å². The number of carbonyl (C=O) groups excluding carboxylic acids is 1. The van der Waals surface area contributed by atoms with Gasteiger partial charge >= 0.3 is 0 Å². The molecule has 1 fully saturated rings. The highest BCUT2D eigenvalue weighted by atomic mass is 35.5. The van der Waals surface area contributed by atoms with Gasteiger partial charge in [-0.25, -0.2) is 16.8 Å². The maximum Gasteiger partial charge on any atom is 0.255 e. The molecular formula is C24H28ClN3O6S2. The number of nitrogens with one attached hydrogen (secondary N) is 2. The van der Waals surface area contributed by atoms with Gasteiger partial charge in [-0.15, -0.1) is 0 Å². The number of nitrogens with zero attached hydrogens (tertiary/aromatic N) is 1. The van der Waals surface area contributed by atoms with Gasteiger partial charge in [-0.1, -0.05) is 18.0 Å². The van der Waals surface area contributed by atoms with Crippen LogP contribution in [0.5, 0.6) is 0 Å². The Hall–Kier alpha value is -2.63. The molecule has 0 bridgehead atoms. The minimum atomic E-state index is -3.73. The lowest BCUT2D eigenvalue weighted by Crippen LogP contribution is -2.19. The number of aromatic nitrogens is 1. The van der Waals surface area contributed by atoms with E-state index in [4.69, 9.17) is 16.0 Å². The molecule has 2 heterocycles. The molecule has 194 valence electrons. The number of amides is 1. The molecule has 0 radical (unpaired) electrons. The molecular weight excluding hydrogens is 526 g/mol. The van der Waals surface area contributed by atoms with Gasteiger partial charge in [-0.2, -0.15) is 4.98 Å². The normalized spacial score (nSPS) is 14.2. The Bertz CT molecular complexity index is 1490. The van der Waals surface area contributed by atoms with Crippen LogP contribution < -0.4 is 10.0 Å². The second-order valence-corrected chi connectivity index (χ2v) is 13.6. The zero-order valence-electron chi connectivity index (χ0n) is 20.0. The number of fused-ring (bicyclic) bond motifs is 1. The Kier molecular flexibility index (Phi) is 7.63. The number of halogens is 1. The van der Waals surface area contributed by atoms with E-state index in [1.807, 2.05) is 0 Å². The van der Waals surface area contributed by atoms with Crippen LogP contribution in [-0.4, -0.2) is 52.5 Å². The first-order chi connectivity index (χ1) is 17.0. The van der Waals surface area contributed by atoms with Crippen molar-refractivity contribution in [1.82, 2.24) is 10.3 Å². The minimum Gasteiger partial charge on any atom is -0.437 e. The van der Waals surface area contributed by atoms with Crippen LogP contribution in [0.2, 0.25) is 5.02 Å². The fourth-order valence-electron chi connectivity index (χ4n) is 4.01. The van der Waals surface area contributed by atoms with Gasteiger partial charge in [-0.05, 0) is 67.5 Å². The zero-order chi connectivity index (χ0) is 26.1. The number of pyridine rings is 1. The van der Waals surface area contributed by atoms with Crippen LogP contribution >= 0.6 is 11.6 Å². The number of hydrogen-bond donors (Lipinski definition) is 2. The lowest BCUT2D eigenvalue weighted by atomic mass is 10.0. The van der Waals surface area contributed by atoms with Gasteiger partial charge in [0.15, 0.2) is 0 Å². The van der Waals surface area contributed by atoms with Gasteiger partial charge in [0.05, 0.1) is 16.7 Å². The average molecular weight is 554 g/mol. The Morgan fingerprint density at radius 2 is 1.75 bits per heavy atom. The van der Waals surface area contributed by atoms with Crippen molar-refractivity contribution in [1.29, 1.82) is 0 Å². The first kappa shape index (κ1) is 26.4. The van der Waals surface area contributed by atoms with E-state index < -0.39 is 19.9 Å². The molecule has 0 saturated heterocycles. The van der Waals surface area contributed by atoms with E-state index in [9.17, 15) is 21.6 Å². The third-order valence-corrected chi connectivity index (χ3v) is 8.58. The van der Waals surface area contributed by atoms with Gasteiger partial charge in [0.2, 0.25) is 15.7 Å². The molecule has 4 rings (SSSR count). The first-order valence-corrected chi connectivity index (χ1v) is 15.7. The number of sulfonamides is 1. The van der Waals surface area contributed by atoms with Crippen LogP contribution in [0.4, 0.5) is 5.82 Å². The molecule has 1 aromatic carbocycles. The fraction of sp³-hybridized carbons (Fsp3) is 0.417. The van der Waals surface area contributed by atoms with E-state index in [1.165, 1.54) is 7.05 Å². The van der Waals surface area contributed by atoms with Gasteiger partial charge in [-0.3, -0.25) is 9.52 Å². The summed E-state index contributed by atoms with van der Waals surface area (Å²) in [6.45, 7) is 0. The second-order valence-electron chi connectivity index (χ2n) is 9.06. The van der Waals surface area contributed by atoms with Crippen molar-refractivity contribution >= 4 is 54.3 Å². The summed E-state index contributed by atoms with van der Waals surface area (Å²) in [5, 5.41) is 3.68. The van der Waals surface area contributed by atoms with Crippen LogP contribution in [0.3, 0.4) is 0 Å². The highest BCUT2D eigenvalue weighted by molar-refractivity contribution is 7.92. The third-order valence-electron chi connectivity index (χ3n) is 5.97. The van der Waals surface area contributed by atoms with Crippen LogP contribution in [0, 0.1) is 0 Å². The van der Waals surface area contributed by atoms with E-state index in [0.29, 0.717) is 46.6 Å². The molecule has 0 atom stereocenters. The number of hydrogen-bond acceptors (Lipinski definition) is 7. The van der Waals surface area contributed by atoms with Crippen molar-refractivity contribution in [3.05, 3.63) is 46.5 Å². The molecule has 3 aromatic rings. The first-order valence-electron chi connectivity index (χ1n) is 11.6. The van der Waals surface area contributed by atoms with Crippen molar-refractivity contribution < 1.29 is 26.0 Å². The largest absolute Gasteiger partial charge is 0.437 e. The second kappa shape index (κ2) is 10.4. The standard InChI is InChI=1S/C24H28ClN3O6S2/c1-26-23(29)20-19-14-18(15-6-7-15)22(28-36(32,33)13-5-3-4-12-35(2,30)31)27-24(19)34-21(20)16-8-10-17(25)11-9-16/h8-11,14-15H,3-7,12-13H2,1-2H3,(H,26,29)(H,27,28). The Morgan fingerprint density at radius 1 is 1.08 bits per heavy atom. The smallest absolute Gasteiger partial charge is 0.255 e. The summed E-state index contributed by atoms with van der Waals surface area (Å²) in [6, 6.07) is 8.65. The van der Waals surface area contributed by atoms with Gasteiger partial charge in [0.25, 0.3) is 5.91 Å². The molecule has 2 aromatic heterocycles. The summed E-state index contributed by atoms with van der Waals surface area (Å²) in [7, 11) is -5.27. The molecule has 0 aliphatic heterocycles. The molecule has 36 heavy (non-hydrogen) atoms. The average Bonchev–Trinajstić information content (AvgIpc) is 3.58. The maximum atomic E-state index is 12.8. The van der Waals surface area contributed by atoms with Crippen molar-refractivity contribution in [2.24, 2.45) is 0 Å². The number of rotatable bonds is 11. The van der Waals surface area contributed by atoms with E-state index in [1.54, 1.807) is 30.3 Å². The van der Waals surface area contributed by atoms with Crippen LogP contribution in [0.15, 0.2) is 34.7 Å². The van der Waals surface area contributed by atoms with Gasteiger partial charge in [0.1, 0.15) is 21.4 Å². The summed E-state index contributed by atoms with van der Waals surface area (Å²) in [5.41, 5.74) is 1.83. The molecule has 2 N–H and O–H groups in total. The summed E-state index contributed by atoms with van der Waals surface area (Å²) >= 11 is 6.01. The van der Waals surface area contributed by atoms with Crippen LogP contribution in [0.25, 0.3) is 22.4 Å². The summed E-state index contributed by atoms with van der Waals surface area (Å²) in [5.74, 6) is 0.192. The van der Waals surface area contributed by atoms with Crippen molar-refractivity contribution in [2.75, 3.05) is 29.5 Å². The van der Waals surface area contributed by atoms with Crippen molar-refractivity contribution in [3.63, 3.8) is 0 Å². The Balaban J connectivity index is 1.66. The molecule has 1 aliphatic rings. The molecule has 0 spiro atoms. The summed E-state index contributed by atoms with van der Waals surface area (Å²) < 4.78 is 56.7. The number of benzene rings is 1. The molecule has 1 saturated carbocycles. The Morgan fingerprint density at radius 3 is 2.36 bits per heavy atom. The third kappa shape index (κ3) is 6.37. The Labute approximate surface area is 215 Å². The fourth-order valence-corrected chi connectivity index (χ4v) is 6.01. The molecule has 12 heteroatoms. The minimum absolute atomic E-state index is 0.0344. The number of furan rings is 1. The topological polar surface area (TPSA) is 135 Å². The predicted octanol–water partition coefficient (Wildman–Crippen LogP) is 4.34. The lowest BCUT2D eigenvalue weighted by Gasteiger charge is -2.11. The van der Waals surface area contributed by atoms with Crippen molar-refractivity contribution in [2.45, 2.75) is 38.0 Å².